The summed E-state index contributed by atoms with van der Waals surface area (Å²) in [6.07, 6.45) is 0. The van der Waals surface area contributed by atoms with Crippen molar-refractivity contribution in [3.05, 3.63) is 11.3 Å². The summed E-state index contributed by atoms with van der Waals surface area (Å²) in [5.74, 6) is 0. The highest BCUT2D eigenvalue weighted by Crippen LogP contribution is 2.38. The monoisotopic (exact) mass is 240 g/mol. The summed E-state index contributed by atoms with van der Waals surface area (Å²) < 4.78 is 0. The molecule has 1 rings (SSSR count). The molecule has 0 aliphatic carbocycles. The van der Waals surface area contributed by atoms with Gasteiger partial charge in [-0.2, -0.15) is 0 Å². The molecule has 0 amide bonds. The Labute approximate surface area is 108 Å². The van der Waals surface area contributed by atoms with Gasteiger partial charge in [-0.15, -0.1) is 0 Å². The van der Waals surface area contributed by atoms with Crippen LogP contribution in [0.5, 0.6) is 0 Å². The molecule has 2 heteroatoms. The van der Waals surface area contributed by atoms with E-state index in [1.54, 1.807) is 5.57 Å². The van der Waals surface area contributed by atoms with Crippen LogP contribution in [0.4, 0.5) is 0 Å². The van der Waals surface area contributed by atoms with Crippen LogP contribution in [0.1, 0.15) is 55.4 Å². The molecule has 0 unspecified atom stereocenters. The Hall–Kier alpha value is -0.500. The van der Waals surface area contributed by atoms with Gasteiger partial charge in [-0.05, 0) is 11.0 Å². The molecule has 17 heavy (non-hydrogen) atoms. The zero-order valence-electron chi connectivity index (χ0n) is 13.4. The van der Waals surface area contributed by atoms with Gasteiger partial charge in [-0.1, -0.05) is 55.4 Å². The molecule has 0 spiro atoms. The summed E-state index contributed by atoms with van der Waals surface area (Å²) in [5, 5.41) is 3.46. The van der Waals surface area contributed by atoms with Gasteiger partial charge in [0, 0.05) is 24.7 Å². The summed E-state index contributed by atoms with van der Waals surface area (Å²) in [4.78, 5) is 2.35. The molecule has 1 aliphatic rings. The number of allylic oxidation sites excluding steroid dienone is 1. The maximum Gasteiger partial charge on any atom is 0.0678 e. The average molecular weight is 240 g/mol. The van der Waals surface area contributed by atoms with E-state index in [-0.39, 0.29) is 10.8 Å². The fourth-order valence-electron chi connectivity index (χ4n) is 2.39. The van der Waals surface area contributed by atoms with Gasteiger partial charge in [-0.3, -0.25) is 5.32 Å². The van der Waals surface area contributed by atoms with Gasteiger partial charge in [0.2, 0.25) is 0 Å². The number of hydrogen-bond donors (Lipinski definition) is 1. The van der Waals surface area contributed by atoms with Crippen LogP contribution in [-0.2, 0) is 0 Å². The molecule has 0 saturated carbocycles. The molecule has 1 aliphatic heterocycles. The summed E-state index contributed by atoms with van der Waals surface area (Å²) in [6.45, 7) is 19.8. The lowest BCUT2D eigenvalue weighted by Gasteiger charge is -2.42. The molecule has 2 nitrogen and oxygen atoms in total. The summed E-state index contributed by atoms with van der Waals surface area (Å²) in [7, 11) is 2.18. The Kier molecular flexibility index (Phi) is 5.73. The van der Waals surface area contributed by atoms with Crippen molar-refractivity contribution in [2.45, 2.75) is 55.4 Å². The maximum absolute atomic E-state index is 3.46. The van der Waals surface area contributed by atoms with Gasteiger partial charge in [0.15, 0.2) is 0 Å². The zero-order chi connectivity index (χ0) is 13.9. The lowest BCUT2D eigenvalue weighted by atomic mass is 9.77. The van der Waals surface area contributed by atoms with Crippen LogP contribution in [0.25, 0.3) is 0 Å². The van der Waals surface area contributed by atoms with Crippen LogP contribution in [0.2, 0.25) is 0 Å². The van der Waals surface area contributed by atoms with Crippen LogP contribution < -0.4 is 5.32 Å². The molecule has 0 bridgehead atoms. The second-order valence-corrected chi connectivity index (χ2v) is 6.61. The van der Waals surface area contributed by atoms with Gasteiger partial charge in [0.25, 0.3) is 0 Å². The highest BCUT2D eigenvalue weighted by molar-refractivity contribution is 5.26. The predicted octanol–water partition coefficient (Wildman–Crippen LogP) is 3.85. The van der Waals surface area contributed by atoms with Crippen molar-refractivity contribution in [2.75, 3.05) is 20.3 Å². The zero-order valence-corrected chi connectivity index (χ0v) is 13.4. The molecule has 102 valence electrons. The van der Waals surface area contributed by atoms with Crippen molar-refractivity contribution in [1.82, 2.24) is 10.2 Å². The molecule has 0 radical (unpaired) electrons. The number of nitrogens with one attached hydrogen (secondary N) is 1. The van der Waals surface area contributed by atoms with E-state index >= 15 is 0 Å². The first kappa shape index (κ1) is 16.5. The fraction of sp³-hybridized carbons (Fsp3) is 0.867. The van der Waals surface area contributed by atoms with E-state index in [1.165, 1.54) is 5.70 Å². The quantitative estimate of drug-likeness (QED) is 0.692. The summed E-state index contributed by atoms with van der Waals surface area (Å²) in [5.41, 5.74) is 3.54. The third kappa shape index (κ3) is 4.34. The first-order valence-electron chi connectivity index (χ1n) is 6.80. The molecule has 0 aromatic heterocycles. The van der Waals surface area contributed by atoms with Crippen LogP contribution in [0.15, 0.2) is 11.3 Å². The normalized spacial score (nSPS) is 17.8. The Morgan fingerprint density at radius 3 is 1.71 bits per heavy atom. The second kappa shape index (κ2) is 5.90. The molecular formula is C15H32N2. The molecular weight excluding hydrogens is 208 g/mol. The molecule has 0 fully saturated rings. The number of hydrogen-bond acceptors (Lipinski definition) is 2. The summed E-state index contributed by atoms with van der Waals surface area (Å²) in [6, 6.07) is 0. The minimum atomic E-state index is 0.236. The molecule has 0 atom stereocenters. The van der Waals surface area contributed by atoms with Crippen molar-refractivity contribution in [3.63, 3.8) is 0 Å². The maximum atomic E-state index is 3.46. The van der Waals surface area contributed by atoms with E-state index < -0.39 is 0 Å². The molecule has 0 saturated heterocycles. The second-order valence-electron chi connectivity index (χ2n) is 6.61. The lowest BCUT2D eigenvalue weighted by molar-refractivity contribution is 0.249. The van der Waals surface area contributed by atoms with Crippen LogP contribution >= 0.6 is 0 Å². The smallest absolute Gasteiger partial charge is 0.0678 e. The van der Waals surface area contributed by atoms with Gasteiger partial charge in [0.05, 0.1) is 6.67 Å². The third-order valence-electron chi connectivity index (χ3n) is 2.93. The first-order valence-corrected chi connectivity index (χ1v) is 6.80. The Bertz CT molecular complexity index is 264. The van der Waals surface area contributed by atoms with E-state index in [2.05, 4.69) is 58.8 Å². The van der Waals surface area contributed by atoms with Crippen molar-refractivity contribution in [1.29, 1.82) is 0 Å². The van der Waals surface area contributed by atoms with Crippen molar-refractivity contribution < 1.29 is 0 Å². The Morgan fingerprint density at radius 2 is 1.41 bits per heavy atom. The van der Waals surface area contributed by atoms with E-state index in [0.717, 1.165) is 13.2 Å². The first-order chi connectivity index (χ1) is 7.64. The van der Waals surface area contributed by atoms with Crippen LogP contribution in [-0.4, -0.2) is 25.2 Å². The van der Waals surface area contributed by atoms with Gasteiger partial charge >= 0.3 is 0 Å². The average Bonchev–Trinajstić information content (AvgIpc) is 2.17. The van der Waals surface area contributed by atoms with E-state index in [1.807, 2.05) is 13.8 Å². The van der Waals surface area contributed by atoms with E-state index in [9.17, 15) is 0 Å². The lowest BCUT2D eigenvalue weighted by Crippen LogP contribution is -2.44. The SMILES string of the molecule is CC.CN1CNCC(C(C)(C)C)=C1C(C)(C)C. The minimum Gasteiger partial charge on any atom is -0.365 e. The van der Waals surface area contributed by atoms with Gasteiger partial charge < -0.3 is 4.90 Å². The predicted molar refractivity (Wildman–Crippen MR) is 77.9 cm³/mol. The topological polar surface area (TPSA) is 15.3 Å². The fourth-order valence-corrected chi connectivity index (χ4v) is 2.39. The van der Waals surface area contributed by atoms with Gasteiger partial charge in [-0.25, -0.2) is 0 Å². The highest BCUT2D eigenvalue weighted by atomic mass is 15.2. The highest BCUT2D eigenvalue weighted by Gasteiger charge is 2.32. The van der Waals surface area contributed by atoms with Crippen LogP contribution in [0.3, 0.4) is 0 Å². The van der Waals surface area contributed by atoms with Crippen molar-refractivity contribution in [3.8, 4) is 0 Å². The van der Waals surface area contributed by atoms with Gasteiger partial charge in [0.1, 0.15) is 0 Å². The molecule has 0 aromatic rings. The minimum absolute atomic E-state index is 0.236. The van der Waals surface area contributed by atoms with Crippen molar-refractivity contribution >= 4 is 0 Å². The number of rotatable bonds is 0. The Balaban J connectivity index is 0.00000121. The largest absolute Gasteiger partial charge is 0.365 e. The molecule has 1 N–H and O–H groups in total. The molecule has 1 heterocycles. The Morgan fingerprint density at radius 1 is 0.941 bits per heavy atom. The third-order valence-corrected chi connectivity index (χ3v) is 2.93. The molecule has 0 aromatic carbocycles. The summed E-state index contributed by atoms with van der Waals surface area (Å²) >= 11 is 0. The van der Waals surface area contributed by atoms with Crippen molar-refractivity contribution in [2.24, 2.45) is 10.8 Å². The van der Waals surface area contributed by atoms with E-state index in [4.69, 9.17) is 0 Å². The standard InChI is InChI=1S/C13H26N2.C2H6/c1-12(2,3)10-8-14-9-15(7)11(10)13(4,5)6;1-2/h14H,8-9H2,1-7H3;1-2H3. The van der Waals surface area contributed by atoms with Crippen LogP contribution in [0, 0.1) is 10.8 Å². The van der Waals surface area contributed by atoms with E-state index in [0.29, 0.717) is 0 Å². The number of nitrogens with zero attached hydrogens (tertiary/aromatic N) is 1.